The Kier molecular flexibility index (Phi) is 3.73. The molecule has 0 saturated carbocycles. The molecule has 19 heavy (non-hydrogen) atoms. The molecule has 3 rings (SSSR count). The van der Waals surface area contributed by atoms with Crippen LogP contribution in [0.5, 0.6) is 5.75 Å². The summed E-state index contributed by atoms with van der Waals surface area (Å²) in [6.07, 6.45) is -0.432. The van der Waals surface area contributed by atoms with Crippen LogP contribution in [-0.4, -0.2) is 60.3 Å². The van der Waals surface area contributed by atoms with Crippen molar-refractivity contribution in [3.8, 4) is 5.75 Å². The molecular weight excluding hydrogens is 240 g/mol. The maximum atomic E-state index is 10.6. The fourth-order valence-electron chi connectivity index (χ4n) is 3.05. The molecule has 0 amide bonds. The molecule has 0 aromatic heterocycles. The maximum absolute atomic E-state index is 10.6. The molecular formula is C15H22N2O2. The molecule has 1 aromatic rings. The number of benzene rings is 1. The van der Waals surface area contributed by atoms with Gasteiger partial charge in [-0.2, -0.15) is 0 Å². The number of rotatable bonds is 2. The molecule has 0 aliphatic carbocycles. The van der Waals surface area contributed by atoms with Crippen LogP contribution < -0.4 is 4.74 Å². The quantitative estimate of drug-likeness (QED) is 0.866. The molecule has 0 bridgehead atoms. The van der Waals surface area contributed by atoms with Crippen molar-refractivity contribution in [2.75, 3.05) is 39.3 Å². The molecule has 1 N–H and O–H groups in total. The molecule has 2 aliphatic heterocycles. The number of hydrogen-bond acceptors (Lipinski definition) is 4. The highest BCUT2D eigenvalue weighted by Gasteiger charge is 2.34. The minimum atomic E-state index is -0.432. The standard InChI is InChI=1S/C15H22N2O2/c1-2-16-7-9-17(10-8-16)13-11-19-14-6-4-3-5-12(14)15(13)18/h3-6,13,15,18H,2,7-11H2,1H3. The third-order valence-corrected chi connectivity index (χ3v) is 4.33. The minimum Gasteiger partial charge on any atom is -0.491 e. The predicted molar refractivity (Wildman–Crippen MR) is 74.4 cm³/mol. The van der Waals surface area contributed by atoms with E-state index in [0.717, 1.165) is 44.0 Å². The lowest BCUT2D eigenvalue weighted by atomic mass is 9.97. The highest BCUT2D eigenvalue weighted by atomic mass is 16.5. The second-order valence-electron chi connectivity index (χ2n) is 5.33. The van der Waals surface area contributed by atoms with Crippen LogP contribution in [0.1, 0.15) is 18.6 Å². The van der Waals surface area contributed by atoms with E-state index in [1.54, 1.807) is 0 Å². The normalized spacial score (nSPS) is 28.7. The van der Waals surface area contributed by atoms with Crippen LogP contribution in [0, 0.1) is 0 Å². The number of likely N-dealkylation sites (N-methyl/N-ethyl adjacent to an activating group) is 1. The number of hydrogen-bond donors (Lipinski definition) is 1. The summed E-state index contributed by atoms with van der Waals surface area (Å²) in [4.78, 5) is 4.81. The van der Waals surface area contributed by atoms with Gasteiger partial charge in [0.25, 0.3) is 0 Å². The van der Waals surface area contributed by atoms with E-state index in [2.05, 4.69) is 16.7 Å². The number of nitrogens with zero attached hydrogens (tertiary/aromatic N) is 2. The van der Waals surface area contributed by atoms with E-state index in [0.29, 0.717) is 6.61 Å². The summed E-state index contributed by atoms with van der Waals surface area (Å²) in [5.41, 5.74) is 0.927. The Balaban J connectivity index is 1.71. The van der Waals surface area contributed by atoms with Gasteiger partial charge in [0.1, 0.15) is 18.5 Å². The van der Waals surface area contributed by atoms with Crippen LogP contribution in [0.25, 0.3) is 0 Å². The van der Waals surface area contributed by atoms with Gasteiger partial charge in [0.15, 0.2) is 0 Å². The van der Waals surface area contributed by atoms with Gasteiger partial charge in [0.05, 0.1) is 6.04 Å². The lowest BCUT2D eigenvalue weighted by Crippen LogP contribution is -2.54. The zero-order valence-corrected chi connectivity index (χ0v) is 11.5. The van der Waals surface area contributed by atoms with Crippen molar-refractivity contribution in [2.24, 2.45) is 0 Å². The van der Waals surface area contributed by atoms with Crippen molar-refractivity contribution >= 4 is 0 Å². The number of aliphatic hydroxyl groups excluding tert-OH is 1. The Morgan fingerprint density at radius 1 is 1.21 bits per heavy atom. The summed E-state index contributed by atoms with van der Waals surface area (Å²) in [6.45, 7) is 8.10. The summed E-state index contributed by atoms with van der Waals surface area (Å²) in [5, 5.41) is 10.6. The fourth-order valence-corrected chi connectivity index (χ4v) is 3.05. The zero-order valence-electron chi connectivity index (χ0n) is 11.5. The molecule has 2 heterocycles. The van der Waals surface area contributed by atoms with Crippen molar-refractivity contribution in [3.05, 3.63) is 29.8 Å². The molecule has 4 heteroatoms. The van der Waals surface area contributed by atoms with Gasteiger partial charge in [-0.15, -0.1) is 0 Å². The first-order chi connectivity index (χ1) is 9.29. The van der Waals surface area contributed by atoms with Crippen molar-refractivity contribution < 1.29 is 9.84 Å². The van der Waals surface area contributed by atoms with Gasteiger partial charge in [-0.3, -0.25) is 4.90 Å². The fraction of sp³-hybridized carbons (Fsp3) is 0.600. The molecule has 1 aromatic carbocycles. The Morgan fingerprint density at radius 2 is 1.95 bits per heavy atom. The molecule has 2 unspecified atom stereocenters. The van der Waals surface area contributed by atoms with Crippen LogP contribution in [0.4, 0.5) is 0 Å². The Morgan fingerprint density at radius 3 is 2.68 bits per heavy atom. The van der Waals surface area contributed by atoms with Gasteiger partial charge in [0, 0.05) is 31.7 Å². The third kappa shape index (κ3) is 2.48. The Labute approximate surface area is 114 Å². The molecule has 0 radical (unpaired) electrons. The van der Waals surface area contributed by atoms with E-state index in [9.17, 15) is 5.11 Å². The van der Waals surface area contributed by atoms with E-state index in [1.807, 2.05) is 24.3 Å². The summed E-state index contributed by atoms with van der Waals surface area (Å²) in [6, 6.07) is 7.90. The molecule has 0 spiro atoms. The number of para-hydroxylation sites is 1. The second kappa shape index (κ2) is 5.49. The largest absolute Gasteiger partial charge is 0.491 e. The number of ether oxygens (including phenoxy) is 1. The van der Waals surface area contributed by atoms with Crippen molar-refractivity contribution in [3.63, 3.8) is 0 Å². The molecule has 2 aliphatic rings. The molecule has 1 saturated heterocycles. The monoisotopic (exact) mass is 262 g/mol. The van der Waals surface area contributed by atoms with E-state index < -0.39 is 6.10 Å². The van der Waals surface area contributed by atoms with Crippen molar-refractivity contribution in [1.82, 2.24) is 9.80 Å². The topological polar surface area (TPSA) is 35.9 Å². The Bertz CT molecular complexity index is 430. The third-order valence-electron chi connectivity index (χ3n) is 4.33. The van der Waals surface area contributed by atoms with Crippen molar-refractivity contribution in [1.29, 1.82) is 0 Å². The number of aliphatic hydroxyl groups is 1. The highest BCUT2D eigenvalue weighted by Crippen LogP contribution is 2.34. The summed E-state index contributed by atoms with van der Waals surface area (Å²) >= 11 is 0. The van der Waals surface area contributed by atoms with Crippen LogP contribution in [0.15, 0.2) is 24.3 Å². The number of fused-ring (bicyclic) bond motifs is 1. The van der Waals surface area contributed by atoms with Crippen LogP contribution in [0.2, 0.25) is 0 Å². The Hall–Kier alpha value is -1.10. The first kappa shape index (κ1) is 12.9. The zero-order chi connectivity index (χ0) is 13.2. The van der Waals surface area contributed by atoms with Gasteiger partial charge < -0.3 is 14.7 Å². The highest BCUT2D eigenvalue weighted by molar-refractivity contribution is 5.37. The predicted octanol–water partition coefficient (Wildman–Crippen LogP) is 1.12. The summed E-state index contributed by atoms with van der Waals surface area (Å²) < 4.78 is 5.80. The summed E-state index contributed by atoms with van der Waals surface area (Å²) in [7, 11) is 0. The molecule has 2 atom stereocenters. The molecule has 104 valence electrons. The van der Waals surface area contributed by atoms with E-state index in [-0.39, 0.29) is 6.04 Å². The maximum Gasteiger partial charge on any atom is 0.125 e. The second-order valence-corrected chi connectivity index (χ2v) is 5.33. The van der Waals surface area contributed by atoms with E-state index >= 15 is 0 Å². The average molecular weight is 262 g/mol. The van der Waals surface area contributed by atoms with Gasteiger partial charge in [0.2, 0.25) is 0 Å². The summed E-state index contributed by atoms with van der Waals surface area (Å²) in [5.74, 6) is 0.832. The lowest BCUT2D eigenvalue weighted by molar-refractivity contribution is -0.0165. The van der Waals surface area contributed by atoms with Gasteiger partial charge in [-0.25, -0.2) is 0 Å². The number of piperazine rings is 1. The molecule has 4 nitrogen and oxygen atoms in total. The molecule has 1 fully saturated rings. The first-order valence-electron chi connectivity index (χ1n) is 7.16. The first-order valence-corrected chi connectivity index (χ1v) is 7.16. The smallest absolute Gasteiger partial charge is 0.125 e. The SMILES string of the molecule is CCN1CCN(C2COc3ccccc3C2O)CC1. The van der Waals surface area contributed by atoms with Crippen LogP contribution in [0.3, 0.4) is 0 Å². The van der Waals surface area contributed by atoms with E-state index in [1.165, 1.54) is 0 Å². The minimum absolute atomic E-state index is 0.0916. The van der Waals surface area contributed by atoms with E-state index in [4.69, 9.17) is 4.74 Å². The van der Waals surface area contributed by atoms with Crippen LogP contribution >= 0.6 is 0 Å². The lowest BCUT2D eigenvalue weighted by Gasteiger charge is -2.42. The van der Waals surface area contributed by atoms with Gasteiger partial charge in [-0.05, 0) is 12.6 Å². The average Bonchev–Trinajstić information content (AvgIpc) is 2.48. The van der Waals surface area contributed by atoms with Crippen molar-refractivity contribution in [2.45, 2.75) is 19.1 Å². The van der Waals surface area contributed by atoms with Crippen LogP contribution in [-0.2, 0) is 0 Å². The van der Waals surface area contributed by atoms with Gasteiger partial charge >= 0.3 is 0 Å². The van der Waals surface area contributed by atoms with Gasteiger partial charge in [-0.1, -0.05) is 25.1 Å².